The average molecular weight is 338 g/mol. The normalized spacial score (nSPS) is 22.3. The Morgan fingerprint density at radius 3 is 2.61 bits per heavy atom. The predicted octanol–water partition coefficient (Wildman–Crippen LogP) is 1.31. The van der Waals surface area contributed by atoms with Crippen LogP contribution in [0.25, 0.3) is 0 Å². The highest BCUT2D eigenvalue weighted by Crippen LogP contribution is 2.20. The van der Waals surface area contributed by atoms with Gasteiger partial charge in [0.15, 0.2) is 9.84 Å². The highest BCUT2D eigenvalue weighted by atomic mass is 32.2. The summed E-state index contributed by atoms with van der Waals surface area (Å²) >= 11 is 0. The molecule has 1 saturated heterocycles. The number of hydrogen-bond acceptors (Lipinski definition) is 5. The van der Waals surface area contributed by atoms with E-state index in [1.54, 1.807) is 18.2 Å². The van der Waals surface area contributed by atoms with Gasteiger partial charge in [0.25, 0.3) is 0 Å². The minimum absolute atomic E-state index is 0.0495. The van der Waals surface area contributed by atoms with Gasteiger partial charge >= 0.3 is 12.0 Å². The quantitative estimate of drug-likeness (QED) is 0.806. The monoisotopic (exact) mass is 338 g/mol. The van der Waals surface area contributed by atoms with Gasteiger partial charge in [0.1, 0.15) is 6.10 Å². The van der Waals surface area contributed by atoms with Crippen LogP contribution in [-0.4, -0.2) is 44.1 Å². The van der Waals surface area contributed by atoms with Crippen LogP contribution >= 0.6 is 0 Å². The number of carbonyl (C=O) groups excluding carboxylic acids is 2. The number of rotatable bonds is 4. The van der Waals surface area contributed by atoms with Crippen LogP contribution in [0.2, 0.25) is 0 Å². The summed E-state index contributed by atoms with van der Waals surface area (Å²) in [5.41, 5.74) is 0.759. The van der Waals surface area contributed by atoms with E-state index in [0.29, 0.717) is 12.1 Å². The fourth-order valence-corrected chi connectivity index (χ4v) is 3.97. The van der Waals surface area contributed by atoms with E-state index in [1.807, 2.05) is 0 Å². The molecular formula is C15H18N2O5S. The number of nitrogens with one attached hydrogen (secondary N) is 2. The number of urea groups is 1. The lowest BCUT2D eigenvalue weighted by atomic mass is 10.2. The van der Waals surface area contributed by atoms with Gasteiger partial charge < -0.3 is 15.4 Å². The summed E-state index contributed by atoms with van der Waals surface area (Å²) in [4.78, 5) is 23.8. The highest BCUT2D eigenvalue weighted by Gasteiger charge is 2.31. The zero-order valence-electron chi connectivity index (χ0n) is 12.4. The number of hydrogen-bond donors (Lipinski definition) is 2. The van der Waals surface area contributed by atoms with Gasteiger partial charge in [-0.2, -0.15) is 0 Å². The van der Waals surface area contributed by atoms with Crippen LogP contribution in [0.4, 0.5) is 10.5 Å². The minimum Gasteiger partial charge on any atom is -0.458 e. The third-order valence-electron chi connectivity index (χ3n) is 3.73. The third kappa shape index (κ3) is 4.44. The molecule has 0 spiro atoms. The number of esters is 1. The molecule has 23 heavy (non-hydrogen) atoms. The first-order chi connectivity index (χ1) is 10.9. The second-order valence-electron chi connectivity index (χ2n) is 5.88. The maximum atomic E-state index is 12.1. The third-order valence-corrected chi connectivity index (χ3v) is 5.47. The van der Waals surface area contributed by atoms with Crippen molar-refractivity contribution in [3.05, 3.63) is 29.8 Å². The van der Waals surface area contributed by atoms with Crippen LogP contribution in [0.1, 0.15) is 29.6 Å². The maximum absolute atomic E-state index is 12.1. The first-order valence-electron chi connectivity index (χ1n) is 7.50. The molecule has 0 radical (unpaired) electrons. The molecule has 7 nitrogen and oxygen atoms in total. The Labute approximate surface area is 134 Å². The molecule has 2 fully saturated rings. The van der Waals surface area contributed by atoms with Crippen molar-refractivity contribution in [3.63, 3.8) is 0 Å². The van der Waals surface area contributed by atoms with Gasteiger partial charge in [-0.15, -0.1) is 0 Å². The highest BCUT2D eigenvalue weighted by molar-refractivity contribution is 7.91. The molecule has 1 aromatic carbocycles. The standard InChI is InChI=1S/C15H18N2O5S/c18-14(22-13-6-7-23(20,21)9-13)10-2-1-3-12(8-10)17-15(19)16-11-4-5-11/h1-3,8,11,13H,4-7,9H2,(H2,16,17,19). The van der Waals surface area contributed by atoms with Crippen molar-refractivity contribution in [1.29, 1.82) is 0 Å². The smallest absolute Gasteiger partial charge is 0.338 e. The van der Waals surface area contributed by atoms with E-state index in [2.05, 4.69) is 10.6 Å². The molecule has 2 amide bonds. The summed E-state index contributed by atoms with van der Waals surface area (Å²) in [6.45, 7) is 0. The first-order valence-corrected chi connectivity index (χ1v) is 9.32. The van der Waals surface area contributed by atoms with Crippen molar-refractivity contribution in [2.24, 2.45) is 0 Å². The summed E-state index contributed by atoms with van der Waals surface area (Å²) in [5, 5.41) is 5.45. The first kappa shape index (κ1) is 15.8. The number of benzene rings is 1. The SMILES string of the molecule is O=C(Nc1cccc(C(=O)OC2CCS(=O)(=O)C2)c1)NC1CC1. The molecule has 0 bridgehead atoms. The maximum Gasteiger partial charge on any atom is 0.338 e. The largest absolute Gasteiger partial charge is 0.458 e. The van der Waals surface area contributed by atoms with Gasteiger partial charge in [0, 0.05) is 11.7 Å². The van der Waals surface area contributed by atoms with E-state index in [4.69, 9.17) is 4.74 Å². The summed E-state index contributed by atoms with van der Waals surface area (Å²) in [6, 6.07) is 6.32. The predicted molar refractivity (Wildman–Crippen MR) is 84.1 cm³/mol. The Morgan fingerprint density at radius 1 is 1.17 bits per heavy atom. The van der Waals surface area contributed by atoms with Crippen LogP contribution in [0, 0.1) is 0 Å². The van der Waals surface area contributed by atoms with E-state index >= 15 is 0 Å². The van der Waals surface area contributed by atoms with E-state index in [9.17, 15) is 18.0 Å². The average Bonchev–Trinajstić information content (AvgIpc) is 3.22. The molecule has 124 valence electrons. The second-order valence-corrected chi connectivity index (χ2v) is 8.11. The molecule has 1 saturated carbocycles. The van der Waals surface area contributed by atoms with Crippen molar-refractivity contribution in [1.82, 2.24) is 5.32 Å². The molecular weight excluding hydrogens is 320 g/mol. The molecule has 1 unspecified atom stereocenters. The van der Waals surface area contributed by atoms with Crippen LogP contribution in [-0.2, 0) is 14.6 Å². The van der Waals surface area contributed by atoms with Gasteiger partial charge in [-0.1, -0.05) is 6.07 Å². The lowest BCUT2D eigenvalue weighted by Gasteiger charge is -2.11. The van der Waals surface area contributed by atoms with Crippen LogP contribution < -0.4 is 10.6 Å². The molecule has 3 rings (SSSR count). The van der Waals surface area contributed by atoms with E-state index in [0.717, 1.165) is 12.8 Å². The molecule has 1 aromatic rings. The number of carbonyl (C=O) groups is 2. The zero-order chi connectivity index (χ0) is 16.4. The van der Waals surface area contributed by atoms with Gasteiger partial charge in [0.2, 0.25) is 0 Å². The summed E-state index contributed by atoms with van der Waals surface area (Å²) in [6.07, 6.45) is 1.71. The topological polar surface area (TPSA) is 102 Å². The van der Waals surface area contributed by atoms with Crippen molar-refractivity contribution in [2.45, 2.75) is 31.4 Å². The summed E-state index contributed by atoms with van der Waals surface area (Å²) < 4.78 is 28.0. The molecule has 1 atom stereocenters. The second kappa shape index (κ2) is 6.19. The van der Waals surface area contributed by atoms with E-state index in [1.165, 1.54) is 6.07 Å². The van der Waals surface area contributed by atoms with Gasteiger partial charge in [-0.3, -0.25) is 0 Å². The summed E-state index contributed by atoms with van der Waals surface area (Å²) in [5.74, 6) is -0.660. The van der Waals surface area contributed by atoms with E-state index < -0.39 is 21.9 Å². The van der Waals surface area contributed by atoms with Crippen LogP contribution in [0.5, 0.6) is 0 Å². The van der Waals surface area contributed by atoms with Crippen molar-refractivity contribution in [2.75, 3.05) is 16.8 Å². The molecule has 8 heteroatoms. The lowest BCUT2D eigenvalue weighted by Crippen LogP contribution is -2.30. The molecule has 1 aliphatic carbocycles. The van der Waals surface area contributed by atoms with Crippen molar-refractivity contribution >= 4 is 27.5 Å². The Hall–Kier alpha value is -2.09. The number of sulfone groups is 1. The molecule has 2 N–H and O–H groups in total. The molecule has 1 aliphatic heterocycles. The fraction of sp³-hybridized carbons (Fsp3) is 0.467. The van der Waals surface area contributed by atoms with Crippen LogP contribution in [0.3, 0.4) is 0 Å². The zero-order valence-corrected chi connectivity index (χ0v) is 13.3. The van der Waals surface area contributed by atoms with Crippen LogP contribution in [0.15, 0.2) is 24.3 Å². The summed E-state index contributed by atoms with van der Waals surface area (Å²) in [7, 11) is -3.10. The lowest BCUT2D eigenvalue weighted by molar-refractivity contribution is 0.0356. The molecule has 2 aliphatic rings. The van der Waals surface area contributed by atoms with Gasteiger partial charge in [-0.25, -0.2) is 18.0 Å². The Kier molecular flexibility index (Phi) is 4.25. The fourth-order valence-electron chi connectivity index (χ4n) is 2.38. The Bertz CT molecular complexity index is 727. The molecule has 0 aromatic heterocycles. The van der Waals surface area contributed by atoms with Gasteiger partial charge in [-0.05, 0) is 37.5 Å². The Balaban J connectivity index is 1.59. The Morgan fingerprint density at radius 2 is 1.96 bits per heavy atom. The minimum atomic E-state index is -3.10. The number of amides is 2. The molecule has 1 heterocycles. The van der Waals surface area contributed by atoms with Crippen molar-refractivity contribution in [3.8, 4) is 0 Å². The number of anilines is 1. The van der Waals surface area contributed by atoms with Gasteiger partial charge in [0.05, 0.1) is 17.1 Å². The van der Waals surface area contributed by atoms with Crippen molar-refractivity contribution < 1.29 is 22.7 Å². The number of ether oxygens (including phenoxy) is 1. The van der Waals surface area contributed by atoms with E-state index in [-0.39, 0.29) is 29.1 Å².